The highest BCUT2D eigenvalue weighted by atomic mass is 16.5. The number of hydrogen-bond donors (Lipinski definition) is 1. The van der Waals surface area contributed by atoms with E-state index in [4.69, 9.17) is 15.2 Å². The molecular formula is C16H17N3O2. The Balaban J connectivity index is 1.97. The summed E-state index contributed by atoms with van der Waals surface area (Å²) < 4.78 is 12.4. The summed E-state index contributed by atoms with van der Waals surface area (Å²) in [4.78, 5) is 4.39. The van der Waals surface area contributed by atoms with Crippen molar-refractivity contribution in [3.05, 3.63) is 48.0 Å². The van der Waals surface area contributed by atoms with Gasteiger partial charge in [-0.05, 0) is 29.8 Å². The van der Waals surface area contributed by atoms with Crippen molar-refractivity contribution < 1.29 is 9.47 Å². The molecule has 0 amide bonds. The molecule has 1 aromatic heterocycles. The van der Waals surface area contributed by atoms with Crippen molar-refractivity contribution in [1.82, 2.24) is 9.55 Å². The molecule has 0 saturated heterocycles. The molecule has 0 aliphatic heterocycles. The van der Waals surface area contributed by atoms with Crippen LogP contribution in [0.1, 0.15) is 5.56 Å². The highest BCUT2D eigenvalue weighted by Crippen LogP contribution is 2.24. The van der Waals surface area contributed by atoms with E-state index in [1.807, 2.05) is 47.0 Å². The summed E-state index contributed by atoms with van der Waals surface area (Å²) in [6, 6.07) is 13.7. The quantitative estimate of drug-likeness (QED) is 0.799. The molecule has 2 aromatic carbocycles. The van der Waals surface area contributed by atoms with E-state index in [0.717, 1.165) is 28.1 Å². The number of hydrogen-bond acceptors (Lipinski definition) is 4. The van der Waals surface area contributed by atoms with Gasteiger partial charge in [0.05, 0.1) is 31.8 Å². The minimum atomic E-state index is 0.495. The van der Waals surface area contributed by atoms with E-state index in [1.165, 1.54) is 0 Å². The Bertz CT molecular complexity index is 763. The standard InChI is InChI=1S/C16H17N3O2/c1-20-12-5-3-11(4-6-12)10-19-15-8-7-13(21-2)9-14(15)18-16(19)17/h3-9H,10H2,1-2H3,(H2,17,18). The van der Waals surface area contributed by atoms with Crippen LogP contribution in [0.3, 0.4) is 0 Å². The Kier molecular flexibility index (Phi) is 3.39. The van der Waals surface area contributed by atoms with Crippen molar-refractivity contribution in [2.45, 2.75) is 6.54 Å². The van der Waals surface area contributed by atoms with Crippen molar-refractivity contribution in [3.63, 3.8) is 0 Å². The molecule has 0 spiro atoms. The molecule has 5 nitrogen and oxygen atoms in total. The smallest absolute Gasteiger partial charge is 0.201 e. The predicted molar refractivity (Wildman–Crippen MR) is 82.8 cm³/mol. The molecule has 0 radical (unpaired) electrons. The van der Waals surface area contributed by atoms with Gasteiger partial charge in [0, 0.05) is 6.07 Å². The predicted octanol–water partition coefficient (Wildman–Crippen LogP) is 2.68. The molecule has 2 N–H and O–H groups in total. The molecule has 21 heavy (non-hydrogen) atoms. The first-order valence-electron chi connectivity index (χ1n) is 6.64. The fourth-order valence-corrected chi connectivity index (χ4v) is 2.33. The molecule has 0 atom stereocenters. The van der Waals surface area contributed by atoms with Crippen LogP contribution in [0.25, 0.3) is 11.0 Å². The van der Waals surface area contributed by atoms with Crippen molar-refractivity contribution in [2.75, 3.05) is 20.0 Å². The van der Waals surface area contributed by atoms with Crippen LogP contribution in [0.5, 0.6) is 11.5 Å². The first-order chi connectivity index (χ1) is 10.2. The maximum atomic E-state index is 6.04. The summed E-state index contributed by atoms with van der Waals surface area (Å²) in [6.07, 6.45) is 0. The second-order valence-corrected chi connectivity index (χ2v) is 4.76. The summed E-state index contributed by atoms with van der Waals surface area (Å²) in [5.41, 5.74) is 9.00. The zero-order chi connectivity index (χ0) is 14.8. The normalized spacial score (nSPS) is 10.8. The third-order valence-electron chi connectivity index (χ3n) is 3.48. The summed E-state index contributed by atoms with van der Waals surface area (Å²) in [5, 5.41) is 0. The van der Waals surface area contributed by atoms with Crippen molar-refractivity contribution in [2.24, 2.45) is 0 Å². The second kappa shape index (κ2) is 5.36. The third-order valence-corrected chi connectivity index (χ3v) is 3.48. The van der Waals surface area contributed by atoms with Gasteiger partial charge in [-0.2, -0.15) is 0 Å². The van der Waals surface area contributed by atoms with Crippen molar-refractivity contribution in [3.8, 4) is 11.5 Å². The van der Waals surface area contributed by atoms with Crippen molar-refractivity contribution >= 4 is 17.0 Å². The Morgan fingerprint density at radius 3 is 2.33 bits per heavy atom. The first-order valence-corrected chi connectivity index (χ1v) is 6.64. The fraction of sp³-hybridized carbons (Fsp3) is 0.188. The topological polar surface area (TPSA) is 62.3 Å². The number of rotatable bonds is 4. The lowest BCUT2D eigenvalue weighted by Crippen LogP contribution is -2.04. The lowest BCUT2D eigenvalue weighted by Gasteiger charge is -2.08. The molecule has 0 unspecified atom stereocenters. The largest absolute Gasteiger partial charge is 0.497 e. The van der Waals surface area contributed by atoms with Gasteiger partial charge < -0.3 is 19.8 Å². The van der Waals surface area contributed by atoms with E-state index >= 15 is 0 Å². The highest BCUT2D eigenvalue weighted by molar-refractivity contribution is 5.80. The molecular weight excluding hydrogens is 266 g/mol. The highest BCUT2D eigenvalue weighted by Gasteiger charge is 2.09. The maximum Gasteiger partial charge on any atom is 0.201 e. The van der Waals surface area contributed by atoms with Crippen LogP contribution < -0.4 is 15.2 Å². The van der Waals surface area contributed by atoms with Gasteiger partial charge in [0.1, 0.15) is 11.5 Å². The van der Waals surface area contributed by atoms with E-state index in [-0.39, 0.29) is 0 Å². The fourth-order valence-electron chi connectivity index (χ4n) is 2.33. The molecule has 1 heterocycles. The minimum Gasteiger partial charge on any atom is -0.497 e. The SMILES string of the molecule is COc1ccc(Cn2c(N)nc3cc(OC)ccc32)cc1. The summed E-state index contributed by atoms with van der Waals surface area (Å²) >= 11 is 0. The molecule has 0 saturated carbocycles. The summed E-state index contributed by atoms with van der Waals surface area (Å²) in [7, 11) is 3.29. The minimum absolute atomic E-state index is 0.495. The van der Waals surface area contributed by atoms with Crippen LogP contribution in [0, 0.1) is 0 Å². The average molecular weight is 283 g/mol. The lowest BCUT2D eigenvalue weighted by atomic mass is 10.2. The number of nitrogen functional groups attached to an aromatic ring is 1. The van der Waals surface area contributed by atoms with Gasteiger partial charge in [0.25, 0.3) is 0 Å². The number of nitrogens with two attached hydrogens (primary N) is 1. The zero-order valence-corrected chi connectivity index (χ0v) is 12.0. The van der Waals surface area contributed by atoms with E-state index in [2.05, 4.69) is 4.98 Å². The Morgan fingerprint density at radius 1 is 1.00 bits per heavy atom. The second-order valence-electron chi connectivity index (χ2n) is 4.76. The van der Waals surface area contributed by atoms with Crippen LogP contribution in [0.2, 0.25) is 0 Å². The van der Waals surface area contributed by atoms with Crippen LogP contribution in [0.4, 0.5) is 5.95 Å². The summed E-state index contributed by atoms with van der Waals surface area (Å²) in [6.45, 7) is 0.665. The van der Waals surface area contributed by atoms with Gasteiger partial charge in [-0.1, -0.05) is 12.1 Å². The van der Waals surface area contributed by atoms with Gasteiger partial charge in [-0.15, -0.1) is 0 Å². The van der Waals surface area contributed by atoms with E-state index in [9.17, 15) is 0 Å². The number of imidazole rings is 1. The maximum absolute atomic E-state index is 6.04. The average Bonchev–Trinajstić information content (AvgIpc) is 2.83. The number of ether oxygens (including phenoxy) is 2. The van der Waals surface area contributed by atoms with Gasteiger partial charge in [0.2, 0.25) is 5.95 Å². The summed E-state index contributed by atoms with van der Waals surface area (Å²) in [5.74, 6) is 2.11. The monoisotopic (exact) mass is 283 g/mol. The van der Waals surface area contributed by atoms with Gasteiger partial charge >= 0.3 is 0 Å². The lowest BCUT2D eigenvalue weighted by molar-refractivity contribution is 0.414. The molecule has 108 valence electrons. The Labute approximate surface area is 122 Å². The van der Waals surface area contributed by atoms with E-state index in [0.29, 0.717) is 12.5 Å². The van der Waals surface area contributed by atoms with Gasteiger partial charge in [-0.3, -0.25) is 0 Å². The molecule has 0 aliphatic carbocycles. The Morgan fingerprint density at radius 2 is 1.67 bits per heavy atom. The van der Waals surface area contributed by atoms with Crippen LogP contribution in [-0.2, 0) is 6.54 Å². The molecule has 3 aromatic rings. The number of nitrogens with zero attached hydrogens (tertiary/aromatic N) is 2. The molecule has 0 bridgehead atoms. The van der Waals surface area contributed by atoms with E-state index < -0.39 is 0 Å². The Hall–Kier alpha value is -2.69. The van der Waals surface area contributed by atoms with Gasteiger partial charge in [-0.25, -0.2) is 4.98 Å². The number of methoxy groups -OCH3 is 2. The van der Waals surface area contributed by atoms with Crippen molar-refractivity contribution in [1.29, 1.82) is 0 Å². The number of benzene rings is 2. The number of aromatic nitrogens is 2. The molecule has 0 fully saturated rings. The number of fused-ring (bicyclic) bond motifs is 1. The van der Waals surface area contributed by atoms with Crippen LogP contribution >= 0.6 is 0 Å². The molecule has 5 heteroatoms. The number of anilines is 1. The van der Waals surface area contributed by atoms with E-state index in [1.54, 1.807) is 14.2 Å². The first kappa shape index (κ1) is 13.3. The molecule has 0 aliphatic rings. The van der Waals surface area contributed by atoms with Crippen LogP contribution in [0.15, 0.2) is 42.5 Å². The van der Waals surface area contributed by atoms with Gasteiger partial charge in [0.15, 0.2) is 0 Å². The van der Waals surface area contributed by atoms with Crippen LogP contribution in [-0.4, -0.2) is 23.8 Å². The molecule has 3 rings (SSSR count). The zero-order valence-electron chi connectivity index (χ0n) is 12.0. The third kappa shape index (κ3) is 2.50.